The molecule has 28 heavy (non-hydrogen) atoms. The monoisotopic (exact) mass is 390 g/mol. The SMILES string of the molecule is CN=C(NCCCOCC(C)C)NCC(c1ccccc1OC)N1CCCC1. The Morgan fingerprint density at radius 1 is 1.18 bits per heavy atom. The number of nitrogens with zero attached hydrogens (tertiary/aromatic N) is 2. The summed E-state index contributed by atoms with van der Waals surface area (Å²) in [5, 5.41) is 6.90. The quantitative estimate of drug-likeness (QED) is 0.345. The number of nitrogens with one attached hydrogen (secondary N) is 2. The average molecular weight is 391 g/mol. The number of rotatable bonds is 11. The van der Waals surface area contributed by atoms with E-state index >= 15 is 0 Å². The van der Waals surface area contributed by atoms with E-state index in [0.29, 0.717) is 5.92 Å². The number of para-hydroxylation sites is 1. The van der Waals surface area contributed by atoms with Gasteiger partial charge in [-0.25, -0.2) is 0 Å². The minimum Gasteiger partial charge on any atom is -0.496 e. The average Bonchev–Trinajstić information content (AvgIpc) is 3.23. The van der Waals surface area contributed by atoms with Crippen LogP contribution >= 0.6 is 0 Å². The van der Waals surface area contributed by atoms with Crippen molar-refractivity contribution in [3.8, 4) is 5.75 Å². The lowest BCUT2D eigenvalue weighted by atomic mass is 10.0. The summed E-state index contributed by atoms with van der Waals surface area (Å²) in [6.45, 7) is 9.84. The van der Waals surface area contributed by atoms with Gasteiger partial charge in [0.05, 0.1) is 13.2 Å². The summed E-state index contributed by atoms with van der Waals surface area (Å²) < 4.78 is 11.3. The molecule has 6 nitrogen and oxygen atoms in total. The van der Waals surface area contributed by atoms with E-state index in [4.69, 9.17) is 9.47 Å². The standard InChI is InChI=1S/C22H38N4O2/c1-18(2)17-28-15-9-12-24-22(23-3)25-16-20(26-13-7-8-14-26)19-10-5-6-11-21(19)27-4/h5-6,10-11,18,20H,7-9,12-17H2,1-4H3,(H2,23,24,25). The van der Waals surface area contributed by atoms with Gasteiger partial charge in [0.2, 0.25) is 0 Å². The largest absolute Gasteiger partial charge is 0.496 e. The summed E-state index contributed by atoms with van der Waals surface area (Å²) >= 11 is 0. The van der Waals surface area contributed by atoms with Crippen molar-refractivity contribution in [2.45, 2.75) is 39.2 Å². The fourth-order valence-electron chi connectivity index (χ4n) is 3.54. The summed E-state index contributed by atoms with van der Waals surface area (Å²) in [6, 6.07) is 8.60. The Kier molecular flexibility index (Phi) is 10.1. The van der Waals surface area contributed by atoms with Gasteiger partial charge in [-0.1, -0.05) is 32.0 Å². The lowest BCUT2D eigenvalue weighted by Crippen LogP contribution is -2.43. The van der Waals surface area contributed by atoms with E-state index in [1.807, 2.05) is 19.2 Å². The molecule has 1 aliphatic rings. The molecule has 1 fully saturated rings. The number of methoxy groups -OCH3 is 1. The van der Waals surface area contributed by atoms with Crippen LogP contribution in [0.25, 0.3) is 0 Å². The van der Waals surface area contributed by atoms with Crippen molar-refractivity contribution in [2.75, 3.05) is 53.6 Å². The van der Waals surface area contributed by atoms with E-state index in [-0.39, 0.29) is 6.04 Å². The zero-order chi connectivity index (χ0) is 20.2. The first kappa shape index (κ1) is 22.5. The highest BCUT2D eigenvalue weighted by Gasteiger charge is 2.25. The van der Waals surface area contributed by atoms with Gasteiger partial charge in [-0.2, -0.15) is 0 Å². The Bertz CT molecular complexity index is 586. The maximum Gasteiger partial charge on any atom is 0.191 e. The normalized spacial score (nSPS) is 16.4. The molecule has 0 amide bonds. The Balaban J connectivity index is 1.87. The number of aliphatic imine (C=N–C) groups is 1. The third-order valence-electron chi connectivity index (χ3n) is 4.97. The summed E-state index contributed by atoms with van der Waals surface area (Å²) in [5.41, 5.74) is 1.23. The predicted molar refractivity (Wildman–Crippen MR) is 116 cm³/mol. The van der Waals surface area contributed by atoms with Crippen molar-refractivity contribution in [2.24, 2.45) is 10.9 Å². The Morgan fingerprint density at radius 2 is 1.93 bits per heavy atom. The lowest BCUT2D eigenvalue weighted by molar-refractivity contribution is 0.108. The van der Waals surface area contributed by atoms with Gasteiger partial charge in [0.1, 0.15) is 5.75 Å². The van der Waals surface area contributed by atoms with Gasteiger partial charge in [-0.15, -0.1) is 0 Å². The first-order chi connectivity index (χ1) is 13.7. The van der Waals surface area contributed by atoms with Crippen LogP contribution in [-0.2, 0) is 4.74 Å². The van der Waals surface area contributed by atoms with Crippen LogP contribution in [0.3, 0.4) is 0 Å². The lowest BCUT2D eigenvalue weighted by Gasteiger charge is -2.30. The number of benzene rings is 1. The van der Waals surface area contributed by atoms with Crippen molar-refractivity contribution in [3.05, 3.63) is 29.8 Å². The molecule has 0 bridgehead atoms. The summed E-state index contributed by atoms with van der Waals surface area (Å²) in [6.07, 6.45) is 3.49. The van der Waals surface area contributed by atoms with Crippen LogP contribution < -0.4 is 15.4 Å². The van der Waals surface area contributed by atoms with Crippen LogP contribution in [0.2, 0.25) is 0 Å². The molecule has 1 atom stereocenters. The van der Waals surface area contributed by atoms with Crippen molar-refractivity contribution in [1.82, 2.24) is 15.5 Å². The van der Waals surface area contributed by atoms with Gasteiger partial charge >= 0.3 is 0 Å². The number of guanidine groups is 1. The molecular formula is C22H38N4O2. The smallest absolute Gasteiger partial charge is 0.191 e. The molecule has 1 heterocycles. The molecule has 1 aromatic rings. The van der Waals surface area contributed by atoms with Crippen molar-refractivity contribution < 1.29 is 9.47 Å². The second-order valence-corrected chi connectivity index (χ2v) is 7.70. The fourth-order valence-corrected chi connectivity index (χ4v) is 3.54. The van der Waals surface area contributed by atoms with E-state index < -0.39 is 0 Å². The highest BCUT2D eigenvalue weighted by atomic mass is 16.5. The Morgan fingerprint density at radius 3 is 2.61 bits per heavy atom. The summed E-state index contributed by atoms with van der Waals surface area (Å²) in [7, 11) is 3.56. The zero-order valence-corrected chi connectivity index (χ0v) is 18.0. The second-order valence-electron chi connectivity index (χ2n) is 7.70. The second kappa shape index (κ2) is 12.6. The van der Waals surface area contributed by atoms with Gasteiger partial charge in [0.15, 0.2) is 5.96 Å². The van der Waals surface area contributed by atoms with Crippen LogP contribution in [0, 0.1) is 5.92 Å². The van der Waals surface area contributed by atoms with Crippen LogP contribution in [0.4, 0.5) is 0 Å². The first-order valence-electron chi connectivity index (χ1n) is 10.5. The van der Waals surface area contributed by atoms with E-state index in [1.165, 1.54) is 18.4 Å². The van der Waals surface area contributed by atoms with Gasteiger partial charge in [-0.05, 0) is 44.3 Å². The van der Waals surface area contributed by atoms with Crippen molar-refractivity contribution >= 4 is 5.96 Å². The maximum atomic E-state index is 5.64. The number of hydrogen-bond acceptors (Lipinski definition) is 4. The van der Waals surface area contributed by atoms with Gasteiger partial charge in [0.25, 0.3) is 0 Å². The van der Waals surface area contributed by atoms with Crippen LogP contribution in [0.5, 0.6) is 5.75 Å². The molecule has 1 unspecified atom stereocenters. The molecule has 0 spiro atoms. The van der Waals surface area contributed by atoms with E-state index in [0.717, 1.165) is 57.5 Å². The van der Waals surface area contributed by atoms with Gasteiger partial charge in [0, 0.05) is 38.9 Å². The van der Waals surface area contributed by atoms with Crippen molar-refractivity contribution in [3.63, 3.8) is 0 Å². The molecule has 0 radical (unpaired) electrons. The topological polar surface area (TPSA) is 58.1 Å². The fraction of sp³-hybridized carbons (Fsp3) is 0.682. The third kappa shape index (κ3) is 7.32. The molecule has 2 N–H and O–H groups in total. The summed E-state index contributed by atoms with van der Waals surface area (Å²) in [5.74, 6) is 2.37. The first-order valence-corrected chi connectivity index (χ1v) is 10.5. The highest BCUT2D eigenvalue weighted by molar-refractivity contribution is 5.79. The molecule has 0 aromatic heterocycles. The van der Waals surface area contributed by atoms with Gasteiger partial charge < -0.3 is 20.1 Å². The van der Waals surface area contributed by atoms with Crippen LogP contribution in [0.1, 0.15) is 44.7 Å². The molecule has 0 saturated carbocycles. The van der Waals surface area contributed by atoms with Gasteiger partial charge in [-0.3, -0.25) is 9.89 Å². The van der Waals surface area contributed by atoms with E-state index in [1.54, 1.807) is 7.11 Å². The molecule has 1 aliphatic heterocycles. The molecule has 1 aromatic carbocycles. The van der Waals surface area contributed by atoms with E-state index in [2.05, 4.69) is 46.5 Å². The van der Waals surface area contributed by atoms with Crippen LogP contribution in [0.15, 0.2) is 29.3 Å². The molecule has 6 heteroatoms. The maximum absolute atomic E-state index is 5.64. The third-order valence-corrected chi connectivity index (χ3v) is 4.97. The molecular weight excluding hydrogens is 352 g/mol. The minimum atomic E-state index is 0.270. The number of ether oxygens (including phenoxy) is 2. The summed E-state index contributed by atoms with van der Waals surface area (Å²) in [4.78, 5) is 6.91. The minimum absolute atomic E-state index is 0.270. The molecule has 1 saturated heterocycles. The number of hydrogen-bond donors (Lipinski definition) is 2. The van der Waals surface area contributed by atoms with Crippen molar-refractivity contribution in [1.29, 1.82) is 0 Å². The molecule has 0 aliphatic carbocycles. The van der Waals surface area contributed by atoms with E-state index in [9.17, 15) is 0 Å². The molecule has 158 valence electrons. The zero-order valence-electron chi connectivity index (χ0n) is 18.0. The number of likely N-dealkylation sites (tertiary alicyclic amines) is 1. The Labute approximate surface area is 170 Å². The van der Waals surface area contributed by atoms with Crippen LogP contribution in [-0.4, -0.2) is 64.4 Å². The predicted octanol–water partition coefficient (Wildman–Crippen LogP) is 3.06. The molecule has 2 rings (SSSR count). The Hall–Kier alpha value is -1.79. The highest BCUT2D eigenvalue weighted by Crippen LogP contribution is 2.31.